The van der Waals surface area contributed by atoms with Crippen molar-refractivity contribution in [3.8, 4) is 28.5 Å². The van der Waals surface area contributed by atoms with Crippen molar-refractivity contribution >= 4 is 38.9 Å². The molecule has 1 amide bonds. The van der Waals surface area contributed by atoms with Crippen molar-refractivity contribution in [2.24, 2.45) is 18.7 Å². The lowest BCUT2D eigenvalue weighted by Gasteiger charge is -2.33. The van der Waals surface area contributed by atoms with Gasteiger partial charge in [-0.25, -0.2) is 19.2 Å². The molecule has 6 aromatic rings. The quantitative estimate of drug-likeness (QED) is 0.252. The molecule has 2 atom stereocenters. The second-order valence-corrected chi connectivity index (χ2v) is 12.7. The number of benzene rings is 2. The number of aryl methyl sites for hydroxylation is 1. The maximum atomic E-state index is 14.3. The summed E-state index contributed by atoms with van der Waals surface area (Å²) in [5, 5.41) is 1.27. The Kier molecular flexibility index (Phi) is 6.76. The summed E-state index contributed by atoms with van der Waals surface area (Å²) in [6.45, 7) is 1.03. The number of carbonyl (C=O) groups excluding carboxylic acids is 1. The number of halogens is 1. The molecule has 4 aromatic heterocycles. The molecule has 12 nitrogen and oxygen atoms in total. The molecule has 5 heterocycles. The number of fused-ring (bicyclic) bond motifs is 3. The maximum Gasteiger partial charge on any atom is 0.326 e. The predicted octanol–water partition coefficient (Wildman–Crippen LogP) is 3.72. The first kappa shape index (κ1) is 29.1. The molecule has 8 rings (SSSR count). The van der Waals surface area contributed by atoms with Crippen LogP contribution in [0.3, 0.4) is 0 Å². The van der Waals surface area contributed by atoms with Gasteiger partial charge >= 0.3 is 5.69 Å². The highest BCUT2D eigenvalue weighted by Gasteiger charge is 2.31. The Labute approximate surface area is 267 Å². The van der Waals surface area contributed by atoms with Gasteiger partial charge in [-0.1, -0.05) is 12.1 Å². The van der Waals surface area contributed by atoms with E-state index in [4.69, 9.17) is 20.4 Å². The van der Waals surface area contributed by atoms with Gasteiger partial charge in [-0.2, -0.15) is 0 Å². The molecule has 1 aliphatic carbocycles. The number of carbonyl (C=O) groups is 1. The van der Waals surface area contributed by atoms with Crippen molar-refractivity contribution in [3.63, 3.8) is 0 Å². The van der Waals surface area contributed by atoms with Crippen LogP contribution in [0.5, 0.6) is 5.75 Å². The topological polar surface area (TPSA) is 157 Å². The average molecular weight is 637 g/mol. The monoisotopic (exact) mass is 636 g/mol. The standard InChI is InChI=1S/C34H33FN8O4/c1-41-29-25(10-19(12-27(29)47-2)33(45)42-15-20(35)13-21(36)16-42)38-31(41)26-11-18-8-9-23(37-30(18)43(26)14-17-6-7-17)22-4-3-5-24-28(22)32(44)40-34(46)39-24/h3-5,8-12,17,20-21H,6-7,13-16,36H2,1-2H3,(H2,39,40,44,46)/t20-,21-/m1/s1. The van der Waals surface area contributed by atoms with Crippen LogP contribution < -0.4 is 21.7 Å². The van der Waals surface area contributed by atoms with E-state index in [1.165, 1.54) is 4.90 Å². The number of aromatic amines is 2. The Morgan fingerprint density at radius 1 is 1.09 bits per heavy atom. The van der Waals surface area contributed by atoms with Crippen LogP contribution in [-0.2, 0) is 13.6 Å². The molecule has 1 saturated heterocycles. The Balaban J connectivity index is 1.27. The number of rotatable bonds is 6. The normalized spacial score (nSPS) is 18.4. The van der Waals surface area contributed by atoms with E-state index in [9.17, 15) is 18.8 Å². The Bertz CT molecular complexity index is 2340. The number of imidazole rings is 1. The molecule has 13 heteroatoms. The van der Waals surface area contributed by atoms with Gasteiger partial charge in [-0.05, 0) is 61.6 Å². The van der Waals surface area contributed by atoms with Crippen molar-refractivity contribution in [2.45, 2.75) is 38.0 Å². The third-order valence-corrected chi connectivity index (χ3v) is 9.27. The lowest BCUT2D eigenvalue weighted by atomic mass is 10.0. The minimum absolute atomic E-state index is 0.00170. The summed E-state index contributed by atoms with van der Waals surface area (Å²) in [5.41, 5.74) is 9.88. The molecule has 1 aliphatic heterocycles. The Hall–Kier alpha value is -5.30. The van der Waals surface area contributed by atoms with Gasteiger partial charge in [0, 0.05) is 42.7 Å². The van der Waals surface area contributed by atoms with Crippen molar-refractivity contribution in [2.75, 3.05) is 20.2 Å². The van der Waals surface area contributed by atoms with Crippen molar-refractivity contribution in [1.82, 2.24) is 34.0 Å². The van der Waals surface area contributed by atoms with E-state index in [2.05, 4.69) is 20.6 Å². The number of aromatic nitrogens is 6. The lowest BCUT2D eigenvalue weighted by Crippen LogP contribution is -2.50. The maximum absolute atomic E-state index is 14.3. The summed E-state index contributed by atoms with van der Waals surface area (Å²) in [5.74, 6) is 1.34. The zero-order valence-electron chi connectivity index (χ0n) is 25.9. The van der Waals surface area contributed by atoms with Crippen LogP contribution in [0.25, 0.3) is 55.7 Å². The number of nitrogens with zero attached hydrogens (tertiary/aromatic N) is 5. The Morgan fingerprint density at radius 3 is 2.68 bits per heavy atom. The number of nitrogens with two attached hydrogens (primary N) is 1. The highest BCUT2D eigenvalue weighted by molar-refractivity contribution is 6.00. The van der Waals surface area contributed by atoms with Crippen LogP contribution >= 0.6 is 0 Å². The predicted molar refractivity (Wildman–Crippen MR) is 176 cm³/mol. The van der Waals surface area contributed by atoms with Crippen LogP contribution in [0.4, 0.5) is 4.39 Å². The first-order valence-corrected chi connectivity index (χ1v) is 15.7. The number of piperidine rings is 1. The summed E-state index contributed by atoms with van der Waals surface area (Å²) in [7, 11) is 3.46. The molecular weight excluding hydrogens is 603 g/mol. The molecule has 2 aliphatic rings. The van der Waals surface area contributed by atoms with Crippen molar-refractivity contribution in [3.05, 3.63) is 74.9 Å². The molecule has 2 fully saturated rings. The number of pyridine rings is 1. The lowest BCUT2D eigenvalue weighted by molar-refractivity contribution is 0.0606. The largest absolute Gasteiger partial charge is 0.494 e. The van der Waals surface area contributed by atoms with Crippen LogP contribution in [0.2, 0.25) is 0 Å². The summed E-state index contributed by atoms with van der Waals surface area (Å²) in [6.07, 6.45) is 1.31. The molecular formula is C34H33FN8O4. The van der Waals surface area contributed by atoms with E-state index in [1.54, 1.807) is 31.4 Å². The second-order valence-electron chi connectivity index (χ2n) is 12.7. The minimum Gasteiger partial charge on any atom is -0.494 e. The second kappa shape index (κ2) is 10.9. The Morgan fingerprint density at radius 2 is 1.91 bits per heavy atom. The number of alkyl halides is 1. The summed E-state index contributed by atoms with van der Waals surface area (Å²) in [6, 6.07) is 14.2. The molecule has 0 radical (unpaired) electrons. The fourth-order valence-corrected chi connectivity index (χ4v) is 6.88. The van der Waals surface area contributed by atoms with Gasteiger partial charge < -0.3 is 29.5 Å². The van der Waals surface area contributed by atoms with E-state index in [0.717, 1.165) is 41.6 Å². The number of amides is 1. The molecule has 0 unspecified atom stereocenters. The van der Waals surface area contributed by atoms with E-state index in [-0.39, 0.29) is 25.4 Å². The molecule has 47 heavy (non-hydrogen) atoms. The molecule has 240 valence electrons. The van der Waals surface area contributed by atoms with Gasteiger partial charge in [0.15, 0.2) is 5.82 Å². The number of hydrogen-bond acceptors (Lipinski definition) is 7. The van der Waals surface area contributed by atoms with Crippen LogP contribution in [0, 0.1) is 5.92 Å². The van der Waals surface area contributed by atoms with Gasteiger partial charge in [-0.15, -0.1) is 0 Å². The van der Waals surface area contributed by atoms with Gasteiger partial charge in [0.25, 0.3) is 11.5 Å². The van der Waals surface area contributed by atoms with E-state index in [1.807, 2.05) is 29.8 Å². The fourth-order valence-electron chi connectivity index (χ4n) is 6.88. The SMILES string of the molecule is COc1cc(C(=O)N2C[C@H](N)C[C@@H](F)C2)cc2nc(-c3cc4ccc(-c5cccc6[nH]c(=O)[nH]c(=O)c56)nc4n3CC3CC3)n(C)c12. The highest BCUT2D eigenvalue weighted by Crippen LogP contribution is 2.38. The molecule has 4 N–H and O–H groups in total. The van der Waals surface area contributed by atoms with Gasteiger partial charge in [-0.3, -0.25) is 14.6 Å². The minimum atomic E-state index is -1.16. The number of H-pyrrole nitrogens is 2. The van der Waals surface area contributed by atoms with E-state index >= 15 is 0 Å². The molecule has 1 saturated carbocycles. The van der Waals surface area contributed by atoms with Gasteiger partial charge in [0.2, 0.25) is 0 Å². The molecule has 0 spiro atoms. The van der Waals surface area contributed by atoms with Crippen LogP contribution in [0.15, 0.2) is 58.1 Å². The van der Waals surface area contributed by atoms with E-state index < -0.39 is 23.5 Å². The van der Waals surface area contributed by atoms with Crippen molar-refractivity contribution in [1.29, 1.82) is 0 Å². The first-order valence-electron chi connectivity index (χ1n) is 15.7. The van der Waals surface area contributed by atoms with Gasteiger partial charge in [0.05, 0.1) is 41.5 Å². The van der Waals surface area contributed by atoms with E-state index in [0.29, 0.717) is 50.7 Å². The first-order chi connectivity index (χ1) is 22.7. The molecule has 2 aromatic carbocycles. The number of ether oxygens (including phenoxy) is 1. The average Bonchev–Trinajstić information content (AvgIpc) is 3.72. The third-order valence-electron chi connectivity index (χ3n) is 9.27. The summed E-state index contributed by atoms with van der Waals surface area (Å²) < 4.78 is 24.2. The smallest absolute Gasteiger partial charge is 0.326 e. The van der Waals surface area contributed by atoms with Crippen molar-refractivity contribution < 1.29 is 13.9 Å². The van der Waals surface area contributed by atoms with Crippen LogP contribution in [0.1, 0.15) is 29.6 Å². The number of hydrogen-bond donors (Lipinski definition) is 3. The number of methoxy groups -OCH3 is 1. The summed E-state index contributed by atoms with van der Waals surface area (Å²) >= 11 is 0. The fraction of sp³-hybridized carbons (Fsp3) is 0.324. The zero-order chi connectivity index (χ0) is 32.6. The van der Waals surface area contributed by atoms with Gasteiger partial charge in [0.1, 0.15) is 23.1 Å². The molecule has 0 bridgehead atoms. The zero-order valence-corrected chi connectivity index (χ0v) is 25.9. The summed E-state index contributed by atoms with van der Waals surface area (Å²) in [4.78, 5) is 54.8. The number of nitrogens with one attached hydrogen (secondary N) is 2. The highest BCUT2D eigenvalue weighted by atomic mass is 19.1. The number of likely N-dealkylation sites (tertiary alicyclic amines) is 1. The van der Waals surface area contributed by atoms with Crippen LogP contribution in [-0.4, -0.2) is 72.3 Å². The third kappa shape index (κ3) is 4.97.